The maximum Gasteiger partial charge on any atom is 4.00 e. The monoisotopic (exact) mass is 1030 g/mol. The van der Waals surface area contributed by atoms with E-state index in [1.807, 2.05) is 32.0 Å². The van der Waals surface area contributed by atoms with Crippen molar-refractivity contribution in [3.8, 4) is 0 Å². The number of aliphatic carboxylic acids is 4. The molecule has 0 saturated heterocycles. The van der Waals surface area contributed by atoms with Crippen molar-refractivity contribution < 1.29 is 39.6 Å². The topological polar surface area (TPSA) is 390 Å². The van der Waals surface area contributed by atoms with E-state index < -0.39 is 36.0 Å². The summed E-state index contributed by atoms with van der Waals surface area (Å²) in [5, 5.41) is 39.1. The Labute approximate surface area is 406 Å². The van der Waals surface area contributed by atoms with Gasteiger partial charge in [0.05, 0.1) is 34.7 Å². The first-order chi connectivity index (χ1) is 31.1. The Morgan fingerprint density at radius 2 is 0.970 bits per heavy atom. The quantitative estimate of drug-likeness (QED) is 0.0377. The fraction of sp³-hybridized carbons (Fsp3) is 0.435. The van der Waals surface area contributed by atoms with Crippen LogP contribution >= 0.6 is 0 Å². The molecule has 0 fully saturated rings. The average Bonchev–Trinajstić information content (AvgIpc) is 3.91. The van der Waals surface area contributed by atoms with Gasteiger partial charge in [0.2, 0.25) is 0 Å². The van der Waals surface area contributed by atoms with Crippen molar-refractivity contribution in [2.75, 3.05) is 13.1 Å². The van der Waals surface area contributed by atoms with Crippen LogP contribution in [0.15, 0.2) is 34.3 Å². The van der Waals surface area contributed by atoms with Gasteiger partial charge in [0.25, 0.3) is 0 Å². The molecule has 0 amide bonds. The molecule has 14 N–H and O–H groups in total. The molecule has 20 nitrogen and oxygen atoms in total. The molecule has 2 atom stereocenters. The molecule has 0 aromatic carbocycles. The Balaban J connectivity index is 0.000000508. The van der Waals surface area contributed by atoms with E-state index in [1.54, 1.807) is 0 Å². The predicted octanol–water partition coefficient (Wildman–Crippen LogP) is 0.759. The average molecular weight is 1030 g/mol. The predicted molar refractivity (Wildman–Crippen MR) is 257 cm³/mol. The second kappa shape index (κ2) is 26.8. The number of nitrogens with two attached hydrogens (primary N) is 6. The van der Waals surface area contributed by atoms with Gasteiger partial charge in [-0.3, -0.25) is 19.6 Å². The standard InChI is InChI=1S/C34H38N4O4.2C6H14N4O2.Sn/c1-7-21-17(3)25-13-26-19(5)23(9-11-33(39)40)31(37-26)16-32-24(10-12-34(41)42)20(6)28(38-32)15-30-22(8-2)18(4)27(36-30)14-29(21)35-25;2*7-4(5(11)12)2-1-3-10-6(8)9;/h13-16H,7-12H2,1-6H3,(H4,35,36,37,38,39,40,41,42);2*4H,1-3,7H2,(H,11,12)(H4,8,9,10);/q;;;+4/p-4. The van der Waals surface area contributed by atoms with Gasteiger partial charge >= 0.3 is 35.8 Å². The van der Waals surface area contributed by atoms with Crippen molar-refractivity contribution in [2.24, 2.45) is 44.4 Å². The molecular formula is C46H62N12O8Sn. The third-order valence-corrected chi connectivity index (χ3v) is 11.1. The van der Waals surface area contributed by atoms with Gasteiger partial charge in [-0.15, -0.1) is 22.1 Å². The molecule has 8 bridgehead atoms. The van der Waals surface area contributed by atoms with Crippen LogP contribution in [-0.2, 0) is 32.0 Å². The molecule has 358 valence electrons. The molecule has 3 aromatic rings. The Kier molecular flexibility index (Phi) is 22.7. The number of aromatic nitrogens is 4. The van der Waals surface area contributed by atoms with Gasteiger partial charge < -0.3 is 74.4 Å². The first kappa shape index (κ1) is 56.9. The van der Waals surface area contributed by atoms with Crippen molar-refractivity contribution in [1.82, 2.24) is 19.9 Å². The van der Waals surface area contributed by atoms with Crippen molar-refractivity contribution in [2.45, 2.75) is 118 Å². The SMILES string of the molecule is CCC1=C(C)c2cc3[n-]c(cc4[n-]c(cc5nc(cc1n2)C(C)=C5CC)c(C)c4CCC(=O)O)c(CCC(=O)O)c3C.NC(N)=NCCCC(N)C(=O)[O-].NC(N)=NCCCC(N)C(=O)[O-].[Sn+4]. The molecule has 0 spiro atoms. The third-order valence-electron chi connectivity index (χ3n) is 11.1. The van der Waals surface area contributed by atoms with Gasteiger partial charge in [-0.2, -0.15) is 0 Å². The fourth-order valence-corrected chi connectivity index (χ4v) is 7.33. The minimum Gasteiger partial charge on any atom is -0.657 e. The second-order valence-electron chi connectivity index (χ2n) is 15.8. The molecule has 2 unspecified atom stereocenters. The molecule has 21 heteroatoms. The number of allylic oxidation sites excluding steroid dienone is 4. The second-order valence-corrected chi connectivity index (χ2v) is 15.8. The number of carboxylic acid groups (broad SMARTS) is 4. The third kappa shape index (κ3) is 16.5. The molecule has 5 rings (SSSR count). The molecule has 0 radical (unpaired) electrons. The van der Waals surface area contributed by atoms with Crippen molar-refractivity contribution in [3.63, 3.8) is 0 Å². The Bertz CT molecular complexity index is 2530. The summed E-state index contributed by atoms with van der Waals surface area (Å²) in [6.07, 6.45) is 3.93. The van der Waals surface area contributed by atoms with Gasteiger partial charge in [0.15, 0.2) is 11.9 Å². The molecule has 2 aliphatic rings. The summed E-state index contributed by atoms with van der Waals surface area (Å²) in [5.41, 5.74) is 44.7. The zero-order chi connectivity index (χ0) is 49.4. The van der Waals surface area contributed by atoms with E-state index in [-0.39, 0.29) is 48.7 Å². The van der Waals surface area contributed by atoms with Crippen LogP contribution in [0.1, 0.15) is 124 Å². The Hall–Kier alpha value is -6.26. The normalized spacial score (nSPS) is 12.7. The van der Waals surface area contributed by atoms with Gasteiger partial charge in [0, 0.05) is 38.0 Å². The van der Waals surface area contributed by atoms with E-state index in [9.17, 15) is 39.6 Å². The maximum absolute atomic E-state index is 11.5. The van der Waals surface area contributed by atoms with E-state index >= 15 is 0 Å². The Morgan fingerprint density at radius 1 is 0.612 bits per heavy atom. The van der Waals surface area contributed by atoms with Gasteiger partial charge in [-0.1, -0.05) is 54.3 Å². The van der Waals surface area contributed by atoms with Crippen molar-refractivity contribution in [3.05, 3.63) is 69.3 Å². The first-order valence-electron chi connectivity index (χ1n) is 21.6. The molecule has 67 heavy (non-hydrogen) atoms. The number of nitrogens with zero attached hydrogens (tertiary/aromatic N) is 6. The fourth-order valence-electron chi connectivity index (χ4n) is 7.33. The minimum absolute atomic E-state index is 0. The summed E-state index contributed by atoms with van der Waals surface area (Å²) in [6.45, 7) is 13.1. The van der Waals surface area contributed by atoms with E-state index in [2.05, 4.69) is 43.7 Å². The summed E-state index contributed by atoms with van der Waals surface area (Å²) in [5.74, 6) is -4.26. The van der Waals surface area contributed by atoms with Crippen LogP contribution in [0.2, 0.25) is 0 Å². The van der Waals surface area contributed by atoms with Crippen LogP contribution in [0.25, 0.3) is 44.4 Å². The van der Waals surface area contributed by atoms with E-state index in [4.69, 9.17) is 54.3 Å². The molecular weight excluding hydrogens is 967 g/mol. The number of carboxylic acids is 4. The van der Waals surface area contributed by atoms with Crippen molar-refractivity contribution >= 4 is 104 Å². The number of carbonyl (C=O) groups is 4. The summed E-state index contributed by atoms with van der Waals surface area (Å²) in [4.78, 5) is 70.6. The number of hydrogen-bond donors (Lipinski definition) is 8. The van der Waals surface area contributed by atoms with Crippen LogP contribution in [-0.4, -0.2) is 105 Å². The minimum atomic E-state index is -1.25. The largest absolute Gasteiger partial charge is 4.00 e. The van der Waals surface area contributed by atoms with Crippen LogP contribution in [0.4, 0.5) is 0 Å². The van der Waals surface area contributed by atoms with E-state index in [0.29, 0.717) is 62.6 Å². The number of aryl methyl sites for hydroxylation is 4. The number of carbonyl (C=O) groups excluding carboxylic acids is 2. The van der Waals surface area contributed by atoms with Crippen LogP contribution in [0.3, 0.4) is 0 Å². The molecule has 5 heterocycles. The molecule has 0 saturated carbocycles. The van der Waals surface area contributed by atoms with Gasteiger partial charge in [0.1, 0.15) is 0 Å². The van der Waals surface area contributed by atoms with Crippen molar-refractivity contribution in [1.29, 1.82) is 0 Å². The first-order valence-corrected chi connectivity index (χ1v) is 21.6. The summed E-state index contributed by atoms with van der Waals surface area (Å²) in [7, 11) is 0. The van der Waals surface area contributed by atoms with E-state index in [1.165, 1.54) is 5.57 Å². The zero-order valence-corrected chi connectivity index (χ0v) is 41.8. The summed E-state index contributed by atoms with van der Waals surface area (Å²) in [6, 6.07) is 6.07. The van der Waals surface area contributed by atoms with Crippen LogP contribution in [0.5, 0.6) is 0 Å². The Morgan fingerprint density at radius 3 is 1.31 bits per heavy atom. The van der Waals surface area contributed by atoms with E-state index in [0.717, 1.165) is 85.6 Å². The number of hydrogen-bond acceptors (Lipinski definition) is 12. The summed E-state index contributed by atoms with van der Waals surface area (Å²) >= 11 is 0. The van der Waals surface area contributed by atoms with Crippen LogP contribution in [0, 0.1) is 13.8 Å². The zero-order valence-electron chi connectivity index (χ0n) is 38.9. The molecule has 0 aliphatic carbocycles. The number of guanidine groups is 2. The van der Waals surface area contributed by atoms with Gasteiger partial charge in [-0.25, -0.2) is 9.97 Å². The van der Waals surface area contributed by atoms with Gasteiger partial charge in [-0.05, 0) is 107 Å². The molecule has 2 aliphatic heterocycles. The molecule has 3 aromatic heterocycles. The smallest absolute Gasteiger partial charge is 0.657 e. The maximum atomic E-state index is 11.5. The summed E-state index contributed by atoms with van der Waals surface area (Å²) < 4.78 is 0. The number of rotatable bonds is 18. The number of fused-ring (bicyclic) bond motifs is 8. The van der Waals surface area contributed by atoms with Crippen LogP contribution < -0.4 is 54.6 Å². The number of aliphatic imine (C=N–C) groups is 2.